The van der Waals surface area contributed by atoms with Crippen LogP contribution in [0.4, 0.5) is 9.59 Å². The highest BCUT2D eigenvalue weighted by molar-refractivity contribution is 5.58. The molecule has 1 aliphatic rings. The van der Waals surface area contributed by atoms with Gasteiger partial charge in [0.2, 0.25) is 0 Å². The van der Waals surface area contributed by atoms with Gasteiger partial charge in [0, 0.05) is 0 Å². The van der Waals surface area contributed by atoms with Gasteiger partial charge in [-0.2, -0.15) is 0 Å². The maximum atomic E-state index is 10.4. The highest BCUT2D eigenvalue weighted by Crippen LogP contribution is 2.32. The molecule has 1 aliphatic carbocycles. The van der Waals surface area contributed by atoms with Crippen molar-refractivity contribution in [3.8, 4) is 0 Å². The van der Waals surface area contributed by atoms with E-state index in [2.05, 4.69) is 4.74 Å². The lowest BCUT2D eigenvalue weighted by Gasteiger charge is -2.34. The molecule has 0 amide bonds. The van der Waals surface area contributed by atoms with Crippen LogP contribution in [0.5, 0.6) is 0 Å². The Bertz CT molecular complexity index is 253. The van der Waals surface area contributed by atoms with Crippen molar-refractivity contribution < 1.29 is 29.3 Å². The van der Waals surface area contributed by atoms with Gasteiger partial charge in [-0.15, -0.1) is 0 Å². The monoisotopic (exact) mass is 218 g/mol. The topological polar surface area (TPSA) is 93.1 Å². The van der Waals surface area contributed by atoms with Gasteiger partial charge in [-0.25, -0.2) is 9.59 Å². The van der Waals surface area contributed by atoms with Crippen LogP contribution in [0.2, 0.25) is 0 Å². The minimum Gasteiger partial charge on any atom is -0.450 e. The Morgan fingerprint density at radius 3 is 2.13 bits per heavy atom. The molecule has 1 saturated carbocycles. The molecule has 1 fully saturated rings. The van der Waals surface area contributed by atoms with E-state index in [1.165, 1.54) is 0 Å². The standard InChI is InChI=1S/C9H14O6/c1-9(15-8(12)13)4-2-6(3-5-9)14-7(10)11/h6H,2-5H2,1H3,(H,10,11)(H,12,13). The maximum Gasteiger partial charge on any atom is 0.506 e. The second-order valence-electron chi connectivity index (χ2n) is 3.90. The summed E-state index contributed by atoms with van der Waals surface area (Å²) in [5, 5.41) is 16.9. The number of ether oxygens (including phenoxy) is 2. The maximum absolute atomic E-state index is 10.4. The van der Waals surface area contributed by atoms with E-state index in [9.17, 15) is 9.59 Å². The SMILES string of the molecule is CC1(OC(=O)O)CCC(OC(=O)O)CC1. The second-order valence-corrected chi connectivity index (χ2v) is 3.90. The Labute approximate surface area is 86.8 Å². The first kappa shape index (κ1) is 11.6. The number of carbonyl (C=O) groups is 2. The van der Waals surface area contributed by atoms with Gasteiger partial charge in [0.25, 0.3) is 0 Å². The molecule has 0 bridgehead atoms. The van der Waals surface area contributed by atoms with Crippen molar-refractivity contribution in [1.82, 2.24) is 0 Å². The minimum absolute atomic E-state index is 0.340. The Morgan fingerprint density at radius 1 is 1.20 bits per heavy atom. The summed E-state index contributed by atoms with van der Waals surface area (Å²) in [5.41, 5.74) is -0.704. The van der Waals surface area contributed by atoms with Gasteiger partial charge in [-0.3, -0.25) is 0 Å². The van der Waals surface area contributed by atoms with Gasteiger partial charge < -0.3 is 19.7 Å². The molecule has 0 heterocycles. The molecule has 0 radical (unpaired) electrons. The normalized spacial score (nSPS) is 30.6. The summed E-state index contributed by atoms with van der Waals surface area (Å²) in [7, 11) is 0. The third-order valence-electron chi connectivity index (χ3n) is 2.59. The van der Waals surface area contributed by atoms with E-state index in [1.54, 1.807) is 6.92 Å². The Hall–Kier alpha value is -1.46. The van der Waals surface area contributed by atoms with Gasteiger partial charge in [0.15, 0.2) is 0 Å². The largest absolute Gasteiger partial charge is 0.506 e. The zero-order valence-electron chi connectivity index (χ0n) is 8.43. The predicted molar refractivity (Wildman–Crippen MR) is 48.9 cm³/mol. The molecule has 0 unspecified atom stereocenters. The van der Waals surface area contributed by atoms with E-state index >= 15 is 0 Å². The van der Waals surface area contributed by atoms with E-state index < -0.39 is 17.9 Å². The Balaban J connectivity index is 2.40. The van der Waals surface area contributed by atoms with Crippen LogP contribution in [0.3, 0.4) is 0 Å². The van der Waals surface area contributed by atoms with E-state index in [1.807, 2.05) is 0 Å². The molecule has 86 valence electrons. The lowest BCUT2D eigenvalue weighted by atomic mass is 9.84. The van der Waals surface area contributed by atoms with Crippen LogP contribution in [0.25, 0.3) is 0 Å². The molecule has 0 aromatic rings. The molecule has 2 N–H and O–H groups in total. The van der Waals surface area contributed by atoms with Crippen molar-refractivity contribution in [1.29, 1.82) is 0 Å². The molecule has 0 aliphatic heterocycles. The zero-order valence-corrected chi connectivity index (χ0v) is 8.43. The van der Waals surface area contributed by atoms with Crippen LogP contribution in [0, 0.1) is 0 Å². The van der Waals surface area contributed by atoms with Crippen LogP contribution >= 0.6 is 0 Å². The molecule has 1 rings (SSSR count). The van der Waals surface area contributed by atoms with Gasteiger partial charge in [0.05, 0.1) is 0 Å². The Morgan fingerprint density at radius 2 is 1.73 bits per heavy atom. The predicted octanol–water partition coefficient (Wildman–Crippen LogP) is 2.08. The summed E-state index contributed by atoms with van der Waals surface area (Å²) in [6.07, 6.45) is -0.966. The molecule has 6 nitrogen and oxygen atoms in total. The summed E-state index contributed by atoms with van der Waals surface area (Å²) in [6.45, 7) is 1.71. The Kier molecular flexibility index (Phi) is 3.39. The van der Waals surface area contributed by atoms with Gasteiger partial charge in [-0.05, 0) is 32.6 Å². The summed E-state index contributed by atoms with van der Waals surface area (Å²) in [4.78, 5) is 20.6. The lowest BCUT2D eigenvalue weighted by Crippen LogP contribution is -2.38. The lowest BCUT2D eigenvalue weighted by molar-refractivity contribution is -0.0585. The third kappa shape index (κ3) is 3.65. The minimum atomic E-state index is -1.30. The molecule has 0 spiro atoms. The van der Waals surface area contributed by atoms with E-state index in [-0.39, 0.29) is 6.10 Å². The van der Waals surface area contributed by atoms with Crippen molar-refractivity contribution in [2.75, 3.05) is 0 Å². The van der Waals surface area contributed by atoms with Gasteiger partial charge in [-0.1, -0.05) is 0 Å². The van der Waals surface area contributed by atoms with E-state index in [0.717, 1.165) is 0 Å². The average Bonchev–Trinajstić information content (AvgIpc) is 2.07. The fraction of sp³-hybridized carbons (Fsp3) is 0.778. The summed E-state index contributed by atoms with van der Waals surface area (Å²) < 4.78 is 9.35. The second kappa shape index (κ2) is 4.37. The van der Waals surface area contributed by atoms with Crippen LogP contribution < -0.4 is 0 Å². The fourth-order valence-electron chi connectivity index (χ4n) is 1.78. The quantitative estimate of drug-likeness (QED) is 0.689. The highest BCUT2D eigenvalue weighted by atomic mass is 16.7. The average molecular weight is 218 g/mol. The number of hydrogen-bond donors (Lipinski definition) is 2. The van der Waals surface area contributed by atoms with Crippen LogP contribution in [0.1, 0.15) is 32.6 Å². The smallest absolute Gasteiger partial charge is 0.450 e. The molecule has 0 saturated heterocycles. The van der Waals surface area contributed by atoms with Crippen molar-refractivity contribution >= 4 is 12.3 Å². The van der Waals surface area contributed by atoms with Crippen molar-refractivity contribution in [2.45, 2.75) is 44.3 Å². The van der Waals surface area contributed by atoms with Gasteiger partial charge >= 0.3 is 12.3 Å². The summed E-state index contributed by atoms with van der Waals surface area (Å²) in [6, 6.07) is 0. The first-order valence-electron chi connectivity index (χ1n) is 4.73. The number of rotatable bonds is 2. The molecular weight excluding hydrogens is 204 g/mol. The molecule has 0 atom stereocenters. The molecule has 15 heavy (non-hydrogen) atoms. The summed E-state index contributed by atoms with van der Waals surface area (Å²) >= 11 is 0. The van der Waals surface area contributed by atoms with Crippen molar-refractivity contribution in [3.63, 3.8) is 0 Å². The highest BCUT2D eigenvalue weighted by Gasteiger charge is 2.35. The van der Waals surface area contributed by atoms with Crippen LogP contribution in [-0.2, 0) is 9.47 Å². The molecule has 0 aromatic heterocycles. The fourth-order valence-corrected chi connectivity index (χ4v) is 1.78. The first-order valence-corrected chi connectivity index (χ1v) is 4.73. The van der Waals surface area contributed by atoms with Crippen LogP contribution in [-0.4, -0.2) is 34.2 Å². The number of hydrogen-bond acceptors (Lipinski definition) is 4. The van der Waals surface area contributed by atoms with Crippen LogP contribution in [0.15, 0.2) is 0 Å². The first-order chi connectivity index (χ1) is 6.91. The van der Waals surface area contributed by atoms with E-state index in [4.69, 9.17) is 14.9 Å². The zero-order chi connectivity index (χ0) is 11.5. The van der Waals surface area contributed by atoms with E-state index in [0.29, 0.717) is 25.7 Å². The number of carboxylic acid groups (broad SMARTS) is 2. The van der Waals surface area contributed by atoms with Crippen molar-refractivity contribution in [3.05, 3.63) is 0 Å². The van der Waals surface area contributed by atoms with Gasteiger partial charge in [0.1, 0.15) is 11.7 Å². The molecular formula is C9H14O6. The molecule has 0 aromatic carbocycles. The van der Waals surface area contributed by atoms with Crippen molar-refractivity contribution in [2.24, 2.45) is 0 Å². The third-order valence-corrected chi connectivity index (χ3v) is 2.59. The molecule has 6 heteroatoms. The summed E-state index contributed by atoms with van der Waals surface area (Å²) in [5.74, 6) is 0.